The topological polar surface area (TPSA) is 45.7 Å². The van der Waals surface area contributed by atoms with Gasteiger partial charge in [-0.2, -0.15) is 0 Å². The summed E-state index contributed by atoms with van der Waals surface area (Å²) in [6.45, 7) is 8.35. The smallest absolute Gasteiger partial charge is 0.222 e. The van der Waals surface area contributed by atoms with Gasteiger partial charge in [0, 0.05) is 38.8 Å². The molecule has 1 saturated heterocycles. The first-order valence-electron chi connectivity index (χ1n) is 8.04. The fourth-order valence-electron chi connectivity index (χ4n) is 2.72. The molecule has 0 spiro atoms. The van der Waals surface area contributed by atoms with Crippen molar-refractivity contribution in [2.24, 2.45) is 0 Å². The lowest BCUT2D eigenvalue weighted by atomic mass is 10.1. The van der Waals surface area contributed by atoms with E-state index in [1.165, 1.54) is 0 Å². The van der Waals surface area contributed by atoms with Gasteiger partial charge >= 0.3 is 0 Å². The zero-order valence-electron chi connectivity index (χ0n) is 13.9. The van der Waals surface area contributed by atoms with Crippen LogP contribution in [-0.2, 0) is 16.1 Å². The van der Waals surface area contributed by atoms with E-state index in [-0.39, 0.29) is 5.91 Å². The van der Waals surface area contributed by atoms with E-state index >= 15 is 0 Å². The summed E-state index contributed by atoms with van der Waals surface area (Å²) < 4.78 is 5.37. The number of carbonyl (C=O) groups is 1. The third kappa shape index (κ3) is 4.78. The second-order valence-electron chi connectivity index (χ2n) is 6.05. The minimum absolute atomic E-state index is 0.185. The maximum Gasteiger partial charge on any atom is 0.222 e. The molecule has 0 radical (unpaired) electrons. The number of aromatic nitrogens is 1. The largest absolute Gasteiger partial charge is 0.379 e. The number of carbonyl (C=O) groups excluding carboxylic acids is 1. The third-order valence-electron chi connectivity index (χ3n) is 4.38. The second-order valence-corrected chi connectivity index (χ2v) is 6.05. The van der Waals surface area contributed by atoms with Gasteiger partial charge in [-0.25, -0.2) is 0 Å². The lowest BCUT2D eigenvalue weighted by molar-refractivity contribution is -0.130. The van der Waals surface area contributed by atoms with Crippen molar-refractivity contribution in [2.45, 2.75) is 39.3 Å². The lowest BCUT2D eigenvalue weighted by Crippen LogP contribution is -2.42. The van der Waals surface area contributed by atoms with Gasteiger partial charge in [-0.05, 0) is 31.9 Å². The van der Waals surface area contributed by atoms with Crippen LogP contribution in [0.4, 0.5) is 0 Å². The Morgan fingerprint density at radius 1 is 1.45 bits per heavy atom. The quantitative estimate of drug-likeness (QED) is 0.804. The fourth-order valence-corrected chi connectivity index (χ4v) is 2.72. The van der Waals surface area contributed by atoms with Crippen LogP contribution in [0, 0.1) is 6.92 Å². The van der Waals surface area contributed by atoms with Crippen molar-refractivity contribution in [3.63, 3.8) is 0 Å². The molecule has 0 saturated carbocycles. The molecule has 0 bridgehead atoms. The molecule has 122 valence electrons. The predicted octanol–water partition coefficient (Wildman–Crippen LogP) is 1.85. The number of aryl methyl sites for hydroxylation is 1. The van der Waals surface area contributed by atoms with Crippen molar-refractivity contribution in [2.75, 3.05) is 33.4 Å². The molecule has 0 aliphatic carbocycles. The number of ether oxygens (including phenoxy) is 1. The zero-order chi connectivity index (χ0) is 15.9. The van der Waals surface area contributed by atoms with Gasteiger partial charge in [0.2, 0.25) is 5.91 Å². The summed E-state index contributed by atoms with van der Waals surface area (Å²) in [7, 11) is 1.86. The van der Waals surface area contributed by atoms with Crippen LogP contribution < -0.4 is 0 Å². The molecule has 5 heteroatoms. The van der Waals surface area contributed by atoms with E-state index in [4.69, 9.17) is 4.74 Å². The summed E-state index contributed by atoms with van der Waals surface area (Å²) in [6.07, 6.45) is 3.26. The minimum Gasteiger partial charge on any atom is -0.379 e. The highest BCUT2D eigenvalue weighted by Gasteiger charge is 2.19. The maximum atomic E-state index is 12.3. The van der Waals surface area contributed by atoms with Crippen molar-refractivity contribution in [1.82, 2.24) is 14.8 Å². The van der Waals surface area contributed by atoms with E-state index in [1.807, 2.05) is 26.1 Å². The van der Waals surface area contributed by atoms with Crippen LogP contribution in [0.25, 0.3) is 0 Å². The molecule has 1 aromatic heterocycles. The Bertz CT molecular complexity index is 487. The standard InChI is InChI=1S/C17H27N3O2/c1-14-5-4-8-18-16(14)13-19(3)17(21)7-6-15(2)20-9-11-22-12-10-20/h4-5,8,15H,6-7,9-13H2,1-3H3. The summed E-state index contributed by atoms with van der Waals surface area (Å²) in [5, 5.41) is 0. The first kappa shape index (κ1) is 16.9. The first-order chi connectivity index (χ1) is 10.6. The number of nitrogens with zero attached hydrogens (tertiary/aromatic N) is 3. The Balaban J connectivity index is 1.77. The van der Waals surface area contributed by atoms with E-state index in [9.17, 15) is 4.79 Å². The van der Waals surface area contributed by atoms with Crippen LogP contribution in [0.2, 0.25) is 0 Å². The molecule has 1 fully saturated rings. The average Bonchev–Trinajstić information content (AvgIpc) is 2.55. The fraction of sp³-hybridized carbons (Fsp3) is 0.647. The van der Waals surface area contributed by atoms with Gasteiger partial charge in [-0.15, -0.1) is 0 Å². The van der Waals surface area contributed by atoms with Gasteiger partial charge in [0.25, 0.3) is 0 Å². The molecule has 2 rings (SSSR count). The van der Waals surface area contributed by atoms with Crippen LogP contribution in [0.15, 0.2) is 18.3 Å². The van der Waals surface area contributed by atoms with Crippen LogP contribution >= 0.6 is 0 Å². The van der Waals surface area contributed by atoms with Crippen molar-refractivity contribution >= 4 is 5.91 Å². The van der Waals surface area contributed by atoms with E-state index in [0.29, 0.717) is 19.0 Å². The van der Waals surface area contributed by atoms with E-state index in [0.717, 1.165) is 44.0 Å². The minimum atomic E-state index is 0.185. The Morgan fingerprint density at radius 2 is 2.18 bits per heavy atom. The molecule has 1 aliphatic rings. The first-order valence-corrected chi connectivity index (χ1v) is 8.04. The number of pyridine rings is 1. The highest BCUT2D eigenvalue weighted by Crippen LogP contribution is 2.12. The molecule has 5 nitrogen and oxygen atoms in total. The molecule has 1 atom stereocenters. The molecular formula is C17H27N3O2. The van der Waals surface area contributed by atoms with Gasteiger partial charge in [-0.1, -0.05) is 6.07 Å². The normalized spacial score (nSPS) is 17.2. The SMILES string of the molecule is Cc1cccnc1CN(C)C(=O)CCC(C)N1CCOCC1. The zero-order valence-corrected chi connectivity index (χ0v) is 13.9. The molecule has 1 unspecified atom stereocenters. The Labute approximate surface area is 133 Å². The van der Waals surface area contributed by atoms with E-state index in [2.05, 4.69) is 16.8 Å². The van der Waals surface area contributed by atoms with Gasteiger partial charge in [0.05, 0.1) is 25.5 Å². The van der Waals surface area contributed by atoms with Gasteiger partial charge in [-0.3, -0.25) is 14.7 Å². The predicted molar refractivity (Wildman–Crippen MR) is 86.5 cm³/mol. The molecule has 22 heavy (non-hydrogen) atoms. The maximum absolute atomic E-state index is 12.3. The summed E-state index contributed by atoms with van der Waals surface area (Å²) in [4.78, 5) is 20.8. The summed E-state index contributed by atoms with van der Waals surface area (Å²) in [5.74, 6) is 0.185. The summed E-state index contributed by atoms with van der Waals surface area (Å²) in [6, 6.07) is 4.38. The van der Waals surface area contributed by atoms with Crippen molar-refractivity contribution in [3.05, 3.63) is 29.6 Å². The highest BCUT2D eigenvalue weighted by atomic mass is 16.5. The van der Waals surface area contributed by atoms with Crippen LogP contribution in [0.5, 0.6) is 0 Å². The Kier molecular flexibility index (Phi) is 6.34. The van der Waals surface area contributed by atoms with Crippen LogP contribution in [0.1, 0.15) is 31.0 Å². The molecule has 0 aromatic carbocycles. The van der Waals surface area contributed by atoms with E-state index < -0.39 is 0 Å². The van der Waals surface area contributed by atoms with Crippen LogP contribution in [0.3, 0.4) is 0 Å². The van der Waals surface area contributed by atoms with Crippen molar-refractivity contribution in [1.29, 1.82) is 0 Å². The molecule has 1 amide bonds. The molecule has 1 aliphatic heterocycles. The average molecular weight is 305 g/mol. The summed E-state index contributed by atoms with van der Waals surface area (Å²) >= 11 is 0. The number of hydrogen-bond acceptors (Lipinski definition) is 4. The second kappa shape index (κ2) is 8.25. The van der Waals surface area contributed by atoms with Crippen molar-refractivity contribution in [3.8, 4) is 0 Å². The van der Waals surface area contributed by atoms with E-state index in [1.54, 1.807) is 11.1 Å². The lowest BCUT2D eigenvalue weighted by Gasteiger charge is -2.32. The number of rotatable bonds is 6. The van der Waals surface area contributed by atoms with Crippen molar-refractivity contribution < 1.29 is 9.53 Å². The van der Waals surface area contributed by atoms with Gasteiger partial charge in [0.15, 0.2) is 0 Å². The highest BCUT2D eigenvalue weighted by molar-refractivity contribution is 5.75. The molecule has 2 heterocycles. The van der Waals surface area contributed by atoms with Crippen LogP contribution in [-0.4, -0.2) is 60.1 Å². The molecule has 0 N–H and O–H groups in total. The Morgan fingerprint density at radius 3 is 2.86 bits per heavy atom. The summed E-state index contributed by atoms with van der Waals surface area (Å²) in [5.41, 5.74) is 2.10. The third-order valence-corrected chi connectivity index (χ3v) is 4.38. The molecule has 1 aromatic rings. The number of amides is 1. The van der Waals surface area contributed by atoms with Gasteiger partial charge < -0.3 is 9.64 Å². The number of morpholine rings is 1. The monoisotopic (exact) mass is 305 g/mol. The van der Waals surface area contributed by atoms with Gasteiger partial charge in [0.1, 0.15) is 0 Å². The molecular weight excluding hydrogens is 278 g/mol. The Hall–Kier alpha value is -1.46. The number of hydrogen-bond donors (Lipinski definition) is 0.